The van der Waals surface area contributed by atoms with Crippen LogP contribution in [0.1, 0.15) is 12.8 Å². The highest BCUT2D eigenvalue weighted by atomic mass is 16.5. The second kappa shape index (κ2) is 7.31. The largest absolute Gasteiger partial charge is 0.438 e. The van der Waals surface area contributed by atoms with E-state index < -0.39 is 0 Å². The van der Waals surface area contributed by atoms with E-state index in [1.54, 1.807) is 12.4 Å². The number of para-hydroxylation sites is 1. The maximum atomic E-state index is 11.9. The molecule has 0 atom stereocenters. The number of rotatable bonds is 4. The molecule has 0 N–H and O–H groups in total. The van der Waals surface area contributed by atoms with Crippen molar-refractivity contribution >= 4 is 22.5 Å². The molecule has 1 aliphatic rings. The minimum atomic E-state index is 0.168. The van der Waals surface area contributed by atoms with Gasteiger partial charge in [-0.15, -0.1) is 0 Å². The van der Waals surface area contributed by atoms with Crippen molar-refractivity contribution in [3.63, 3.8) is 0 Å². The van der Waals surface area contributed by atoms with Crippen molar-refractivity contribution < 1.29 is 9.53 Å². The van der Waals surface area contributed by atoms with E-state index in [0.717, 1.165) is 35.1 Å². The number of ether oxygens (including phenoxy) is 1. The molecule has 142 valence electrons. The number of fused-ring (bicyclic) bond motifs is 1. The maximum absolute atomic E-state index is 11.9. The summed E-state index contributed by atoms with van der Waals surface area (Å²) >= 11 is 0. The van der Waals surface area contributed by atoms with Crippen molar-refractivity contribution in [2.45, 2.75) is 12.8 Å². The Kier molecular flexibility index (Phi) is 4.37. The molecular formula is C23H18N4O2. The minimum absolute atomic E-state index is 0.168. The van der Waals surface area contributed by atoms with Gasteiger partial charge in [0.05, 0.1) is 10.9 Å². The molecule has 6 nitrogen and oxygen atoms in total. The SMILES string of the molecule is O=C1CCCN1c1ccc(Oc2nc(-c3cccnc3)nc3ccccc23)cc1. The smallest absolute Gasteiger partial charge is 0.230 e. The van der Waals surface area contributed by atoms with Gasteiger partial charge in [0.2, 0.25) is 11.8 Å². The summed E-state index contributed by atoms with van der Waals surface area (Å²) in [6, 6.07) is 19.1. The second-order valence-corrected chi connectivity index (χ2v) is 6.86. The van der Waals surface area contributed by atoms with Gasteiger partial charge in [0, 0.05) is 36.6 Å². The van der Waals surface area contributed by atoms with Crippen molar-refractivity contribution in [2.24, 2.45) is 0 Å². The van der Waals surface area contributed by atoms with Crippen molar-refractivity contribution in [3.05, 3.63) is 73.1 Å². The lowest BCUT2D eigenvalue weighted by Crippen LogP contribution is -2.23. The van der Waals surface area contributed by atoms with Gasteiger partial charge in [-0.1, -0.05) is 12.1 Å². The second-order valence-electron chi connectivity index (χ2n) is 6.86. The fraction of sp³-hybridized carbons (Fsp3) is 0.130. The summed E-state index contributed by atoms with van der Waals surface area (Å²) in [5.74, 6) is 1.87. The van der Waals surface area contributed by atoms with Crippen molar-refractivity contribution in [1.82, 2.24) is 15.0 Å². The van der Waals surface area contributed by atoms with E-state index in [-0.39, 0.29) is 5.91 Å². The number of nitrogens with zero attached hydrogens (tertiary/aromatic N) is 4. The van der Waals surface area contributed by atoms with Gasteiger partial charge in [0.1, 0.15) is 5.75 Å². The molecular weight excluding hydrogens is 364 g/mol. The first-order valence-electron chi connectivity index (χ1n) is 9.53. The molecule has 6 heteroatoms. The molecule has 29 heavy (non-hydrogen) atoms. The molecule has 5 rings (SSSR count). The van der Waals surface area contributed by atoms with E-state index in [1.165, 1.54) is 0 Å². The van der Waals surface area contributed by atoms with E-state index in [1.807, 2.05) is 65.6 Å². The van der Waals surface area contributed by atoms with Gasteiger partial charge in [-0.2, -0.15) is 4.98 Å². The number of pyridine rings is 1. The van der Waals surface area contributed by atoms with Crippen LogP contribution in [0.15, 0.2) is 73.1 Å². The normalized spacial score (nSPS) is 13.8. The van der Waals surface area contributed by atoms with E-state index in [9.17, 15) is 4.79 Å². The Balaban J connectivity index is 1.50. The number of amides is 1. The Morgan fingerprint density at radius 3 is 2.55 bits per heavy atom. The van der Waals surface area contributed by atoms with E-state index in [2.05, 4.69) is 15.0 Å². The van der Waals surface area contributed by atoms with Gasteiger partial charge in [-0.25, -0.2) is 4.98 Å². The summed E-state index contributed by atoms with van der Waals surface area (Å²) in [7, 11) is 0. The van der Waals surface area contributed by atoms with E-state index >= 15 is 0 Å². The average molecular weight is 382 g/mol. The van der Waals surface area contributed by atoms with Gasteiger partial charge in [0.25, 0.3) is 0 Å². The molecule has 4 aromatic rings. The standard InChI is InChI=1S/C23H18N4O2/c28-21-8-4-14-27(21)17-9-11-18(12-10-17)29-23-19-6-1-2-7-20(19)25-22(26-23)16-5-3-13-24-15-16/h1-3,5-7,9-13,15H,4,8,14H2. The van der Waals surface area contributed by atoms with Crippen molar-refractivity contribution in [1.29, 1.82) is 0 Å². The Labute approximate surface area is 167 Å². The molecule has 1 saturated heterocycles. The molecule has 0 radical (unpaired) electrons. The summed E-state index contributed by atoms with van der Waals surface area (Å²) < 4.78 is 6.12. The van der Waals surface area contributed by atoms with Crippen LogP contribution in [0.2, 0.25) is 0 Å². The van der Waals surface area contributed by atoms with Crippen LogP contribution < -0.4 is 9.64 Å². The van der Waals surface area contributed by atoms with Gasteiger partial charge in [-0.3, -0.25) is 9.78 Å². The molecule has 1 fully saturated rings. The van der Waals surface area contributed by atoms with Crippen LogP contribution >= 0.6 is 0 Å². The van der Waals surface area contributed by atoms with Crippen LogP contribution in [0, 0.1) is 0 Å². The zero-order valence-corrected chi connectivity index (χ0v) is 15.7. The first-order chi connectivity index (χ1) is 14.3. The first-order valence-corrected chi connectivity index (χ1v) is 9.53. The number of carbonyl (C=O) groups is 1. The van der Waals surface area contributed by atoms with Crippen molar-refractivity contribution in [3.8, 4) is 23.0 Å². The van der Waals surface area contributed by atoms with Gasteiger partial charge >= 0.3 is 0 Å². The number of benzene rings is 2. The Morgan fingerprint density at radius 1 is 0.931 bits per heavy atom. The van der Waals surface area contributed by atoms with Crippen LogP contribution in [0.25, 0.3) is 22.3 Å². The summed E-state index contributed by atoms with van der Waals surface area (Å²) in [4.78, 5) is 27.2. The fourth-order valence-corrected chi connectivity index (χ4v) is 3.48. The molecule has 2 aromatic heterocycles. The highest BCUT2D eigenvalue weighted by molar-refractivity contribution is 5.95. The third-order valence-corrected chi connectivity index (χ3v) is 4.92. The van der Waals surface area contributed by atoms with Crippen LogP contribution in [0.5, 0.6) is 11.6 Å². The van der Waals surface area contributed by atoms with Gasteiger partial charge in [-0.05, 0) is 55.0 Å². The quantitative estimate of drug-likeness (QED) is 0.515. The Bertz CT molecular complexity index is 1180. The lowest BCUT2D eigenvalue weighted by Gasteiger charge is -2.16. The highest BCUT2D eigenvalue weighted by Gasteiger charge is 2.21. The topological polar surface area (TPSA) is 68.2 Å². The molecule has 0 aliphatic carbocycles. The highest BCUT2D eigenvalue weighted by Crippen LogP contribution is 2.31. The summed E-state index contributed by atoms with van der Waals surface area (Å²) in [6.45, 7) is 0.768. The predicted molar refractivity (Wildman–Crippen MR) is 111 cm³/mol. The lowest BCUT2D eigenvalue weighted by atomic mass is 10.2. The van der Waals surface area contributed by atoms with Gasteiger partial charge < -0.3 is 9.64 Å². The molecule has 1 amide bonds. The predicted octanol–water partition coefficient (Wildman–Crippen LogP) is 4.61. The third-order valence-electron chi connectivity index (χ3n) is 4.92. The van der Waals surface area contributed by atoms with Crippen LogP contribution in [-0.2, 0) is 4.79 Å². The monoisotopic (exact) mass is 382 g/mol. The fourth-order valence-electron chi connectivity index (χ4n) is 3.48. The van der Waals surface area contributed by atoms with Crippen molar-refractivity contribution in [2.75, 3.05) is 11.4 Å². The third kappa shape index (κ3) is 3.40. The number of aromatic nitrogens is 3. The number of carbonyl (C=O) groups excluding carboxylic acids is 1. The number of hydrogen-bond acceptors (Lipinski definition) is 5. The number of hydrogen-bond donors (Lipinski definition) is 0. The summed E-state index contributed by atoms with van der Waals surface area (Å²) in [5.41, 5.74) is 2.52. The van der Waals surface area contributed by atoms with Crippen LogP contribution in [-0.4, -0.2) is 27.4 Å². The molecule has 0 spiro atoms. The average Bonchev–Trinajstić information content (AvgIpc) is 3.21. The maximum Gasteiger partial charge on any atom is 0.230 e. The van der Waals surface area contributed by atoms with E-state index in [4.69, 9.17) is 4.74 Å². The molecule has 2 aromatic carbocycles. The Hall–Kier alpha value is -3.80. The van der Waals surface area contributed by atoms with Gasteiger partial charge in [0.15, 0.2) is 5.82 Å². The van der Waals surface area contributed by atoms with E-state index in [0.29, 0.717) is 23.9 Å². The molecule has 0 saturated carbocycles. The van der Waals surface area contributed by atoms with Crippen LogP contribution in [0.4, 0.5) is 5.69 Å². The zero-order valence-electron chi connectivity index (χ0n) is 15.7. The minimum Gasteiger partial charge on any atom is -0.438 e. The Morgan fingerprint density at radius 2 is 1.79 bits per heavy atom. The molecule has 0 bridgehead atoms. The molecule has 3 heterocycles. The zero-order chi connectivity index (χ0) is 19.6. The molecule has 0 unspecified atom stereocenters. The lowest BCUT2D eigenvalue weighted by molar-refractivity contribution is -0.117. The first kappa shape index (κ1) is 17.3. The molecule has 1 aliphatic heterocycles. The summed E-state index contributed by atoms with van der Waals surface area (Å²) in [6.07, 6.45) is 4.97. The number of anilines is 1. The summed E-state index contributed by atoms with van der Waals surface area (Å²) in [5, 5.41) is 0.832. The van der Waals surface area contributed by atoms with Crippen LogP contribution in [0.3, 0.4) is 0 Å².